The summed E-state index contributed by atoms with van der Waals surface area (Å²) in [5, 5.41) is 2.07. The molecule has 0 unspecified atom stereocenters. The van der Waals surface area contributed by atoms with Gasteiger partial charge >= 0.3 is 0 Å². The van der Waals surface area contributed by atoms with Crippen molar-refractivity contribution in [2.75, 3.05) is 6.54 Å². The molecule has 1 aliphatic rings. The van der Waals surface area contributed by atoms with Gasteiger partial charge in [0.25, 0.3) is 0 Å². The topological polar surface area (TPSA) is 41.9 Å². The molecule has 1 aromatic carbocycles. The number of hydrogen-bond acceptors (Lipinski definition) is 5. The minimum absolute atomic E-state index is 0.850. The summed E-state index contributed by atoms with van der Waals surface area (Å²) >= 11 is 1.69. The second kappa shape index (κ2) is 8.09. The second-order valence-corrected chi connectivity index (χ2v) is 8.85. The minimum Gasteiger partial charge on any atom is -0.294 e. The Labute approximate surface area is 181 Å². The zero-order valence-electron chi connectivity index (χ0n) is 17.3. The number of benzene rings is 1. The van der Waals surface area contributed by atoms with Gasteiger partial charge in [0.05, 0.1) is 16.3 Å². The van der Waals surface area contributed by atoms with Crippen LogP contribution in [0.2, 0.25) is 0 Å². The highest BCUT2D eigenvalue weighted by atomic mass is 32.1. The fourth-order valence-electron chi connectivity index (χ4n) is 4.00. The maximum absolute atomic E-state index is 4.82. The first kappa shape index (κ1) is 19.1. The number of thiophene rings is 1. The Morgan fingerprint density at radius 1 is 1.00 bits per heavy atom. The Morgan fingerprint density at radius 2 is 1.93 bits per heavy atom. The van der Waals surface area contributed by atoms with E-state index < -0.39 is 0 Å². The van der Waals surface area contributed by atoms with Crippen LogP contribution in [0.1, 0.15) is 27.9 Å². The van der Waals surface area contributed by atoms with E-state index in [-0.39, 0.29) is 0 Å². The lowest BCUT2D eigenvalue weighted by Gasteiger charge is -2.28. The van der Waals surface area contributed by atoms with Crippen molar-refractivity contribution in [1.29, 1.82) is 0 Å². The summed E-state index contributed by atoms with van der Waals surface area (Å²) in [5.41, 5.74) is 8.52. The van der Waals surface area contributed by atoms with Crippen LogP contribution in [0, 0.1) is 13.8 Å². The van der Waals surface area contributed by atoms with Gasteiger partial charge in [0, 0.05) is 49.6 Å². The summed E-state index contributed by atoms with van der Waals surface area (Å²) in [5.74, 6) is 0.850. The normalized spacial score (nSPS) is 13.9. The third-order valence-electron chi connectivity index (χ3n) is 5.87. The molecule has 5 rings (SSSR count). The quantitative estimate of drug-likeness (QED) is 0.447. The molecule has 4 aromatic rings. The number of aryl methyl sites for hydroxylation is 1. The van der Waals surface area contributed by atoms with E-state index in [1.165, 1.54) is 33.5 Å². The predicted molar refractivity (Wildman–Crippen MR) is 122 cm³/mol. The van der Waals surface area contributed by atoms with Crippen molar-refractivity contribution in [3.8, 4) is 22.0 Å². The highest BCUT2D eigenvalue weighted by Crippen LogP contribution is 2.26. The van der Waals surface area contributed by atoms with Gasteiger partial charge < -0.3 is 0 Å². The van der Waals surface area contributed by atoms with Crippen LogP contribution in [0.15, 0.2) is 60.2 Å². The van der Waals surface area contributed by atoms with E-state index in [1.807, 2.05) is 18.5 Å². The lowest BCUT2D eigenvalue weighted by molar-refractivity contribution is 0.242. The Kier molecular flexibility index (Phi) is 5.15. The van der Waals surface area contributed by atoms with Gasteiger partial charge in [-0.1, -0.05) is 30.3 Å². The smallest absolute Gasteiger partial charge is 0.169 e. The molecule has 0 N–H and O–H groups in total. The monoisotopic (exact) mass is 412 g/mol. The first-order chi connectivity index (χ1) is 14.7. The summed E-state index contributed by atoms with van der Waals surface area (Å²) in [7, 11) is 0. The third-order valence-corrected chi connectivity index (χ3v) is 6.73. The first-order valence-electron chi connectivity index (χ1n) is 10.3. The number of rotatable bonds is 4. The fourth-order valence-corrected chi connectivity index (χ4v) is 4.66. The minimum atomic E-state index is 0.850. The SMILES string of the molecule is Cc1cccc(-c2ccc(CN3CCc4nc(-c5cccs5)ncc4C3)cn2)c1C. The van der Waals surface area contributed by atoms with Crippen molar-refractivity contribution in [2.45, 2.75) is 33.4 Å². The Balaban J connectivity index is 1.29. The fraction of sp³-hybridized carbons (Fsp3) is 0.240. The van der Waals surface area contributed by atoms with Crippen LogP contribution in [0.3, 0.4) is 0 Å². The van der Waals surface area contributed by atoms with Gasteiger partial charge in [-0.25, -0.2) is 9.97 Å². The van der Waals surface area contributed by atoms with Crippen LogP contribution in [0.25, 0.3) is 22.0 Å². The number of aromatic nitrogens is 3. The van der Waals surface area contributed by atoms with Crippen molar-refractivity contribution < 1.29 is 0 Å². The molecular formula is C25H24N4S. The van der Waals surface area contributed by atoms with Gasteiger partial charge in [-0.2, -0.15) is 0 Å². The predicted octanol–water partition coefficient (Wildman–Crippen LogP) is 5.44. The molecule has 3 aromatic heterocycles. The summed E-state index contributed by atoms with van der Waals surface area (Å²) in [6.07, 6.45) is 4.98. The molecule has 4 heterocycles. The van der Waals surface area contributed by atoms with Crippen LogP contribution in [0.5, 0.6) is 0 Å². The van der Waals surface area contributed by atoms with Gasteiger partial charge in [0.1, 0.15) is 0 Å². The average Bonchev–Trinajstić information content (AvgIpc) is 3.31. The molecule has 0 fully saturated rings. The number of fused-ring (bicyclic) bond motifs is 1. The molecule has 0 spiro atoms. The van der Waals surface area contributed by atoms with Crippen LogP contribution in [0.4, 0.5) is 0 Å². The molecule has 5 heteroatoms. The molecule has 0 aliphatic carbocycles. The lowest BCUT2D eigenvalue weighted by atomic mass is 10.0. The highest BCUT2D eigenvalue weighted by Gasteiger charge is 2.19. The third kappa shape index (κ3) is 3.78. The maximum Gasteiger partial charge on any atom is 0.169 e. The number of pyridine rings is 1. The molecular weight excluding hydrogens is 388 g/mol. The zero-order chi connectivity index (χ0) is 20.5. The molecule has 0 bridgehead atoms. The van der Waals surface area contributed by atoms with Crippen LogP contribution in [-0.2, 0) is 19.5 Å². The van der Waals surface area contributed by atoms with Gasteiger partial charge in [-0.3, -0.25) is 9.88 Å². The van der Waals surface area contributed by atoms with Gasteiger partial charge in [-0.05, 0) is 48.1 Å². The molecule has 0 atom stereocenters. The number of nitrogens with zero attached hydrogens (tertiary/aromatic N) is 4. The van der Waals surface area contributed by atoms with E-state index >= 15 is 0 Å². The largest absolute Gasteiger partial charge is 0.294 e. The Hall–Kier alpha value is -2.89. The Bertz CT molecular complexity index is 1170. The molecule has 150 valence electrons. The van der Waals surface area contributed by atoms with Gasteiger partial charge in [0.2, 0.25) is 0 Å². The molecule has 0 saturated heterocycles. The summed E-state index contributed by atoms with van der Waals surface area (Å²) in [4.78, 5) is 17.7. The number of hydrogen-bond donors (Lipinski definition) is 0. The molecule has 30 heavy (non-hydrogen) atoms. The van der Waals surface area contributed by atoms with Crippen molar-refractivity contribution in [1.82, 2.24) is 19.9 Å². The molecule has 0 saturated carbocycles. The van der Waals surface area contributed by atoms with E-state index in [0.717, 1.165) is 42.5 Å². The van der Waals surface area contributed by atoms with E-state index in [0.29, 0.717) is 0 Å². The molecule has 0 radical (unpaired) electrons. The van der Waals surface area contributed by atoms with Crippen molar-refractivity contribution in [3.05, 3.63) is 88.2 Å². The molecule has 1 aliphatic heterocycles. The average molecular weight is 413 g/mol. The highest BCUT2D eigenvalue weighted by molar-refractivity contribution is 7.13. The second-order valence-electron chi connectivity index (χ2n) is 7.90. The molecule has 0 amide bonds. The van der Waals surface area contributed by atoms with E-state index in [1.54, 1.807) is 11.3 Å². The van der Waals surface area contributed by atoms with Gasteiger partial charge in [-0.15, -0.1) is 11.3 Å². The van der Waals surface area contributed by atoms with Crippen molar-refractivity contribution in [2.24, 2.45) is 0 Å². The summed E-state index contributed by atoms with van der Waals surface area (Å²) < 4.78 is 0. The standard InChI is InChI=1S/C25H24N4S/c1-17-5-3-6-21(18(17)2)23-9-8-19(13-26-23)15-29-11-10-22-20(16-29)14-27-25(28-22)24-7-4-12-30-24/h3-9,12-14H,10-11,15-16H2,1-2H3. The van der Waals surface area contributed by atoms with Gasteiger partial charge in [0.15, 0.2) is 5.82 Å². The maximum atomic E-state index is 4.82. The van der Waals surface area contributed by atoms with E-state index in [9.17, 15) is 0 Å². The van der Waals surface area contributed by atoms with Crippen molar-refractivity contribution in [3.63, 3.8) is 0 Å². The molecule has 4 nitrogen and oxygen atoms in total. The van der Waals surface area contributed by atoms with Crippen molar-refractivity contribution >= 4 is 11.3 Å². The van der Waals surface area contributed by atoms with Crippen LogP contribution < -0.4 is 0 Å². The lowest BCUT2D eigenvalue weighted by Crippen LogP contribution is -2.31. The first-order valence-corrected chi connectivity index (χ1v) is 11.2. The van der Waals surface area contributed by atoms with Crippen LogP contribution in [-0.4, -0.2) is 26.4 Å². The zero-order valence-corrected chi connectivity index (χ0v) is 18.1. The van der Waals surface area contributed by atoms with E-state index in [4.69, 9.17) is 9.97 Å². The van der Waals surface area contributed by atoms with E-state index in [2.05, 4.69) is 65.5 Å². The Morgan fingerprint density at radius 3 is 2.73 bits per heavy atom. The van der Waals surface area contributed by atoms with Crippen LogP contribution >= 0.6 is 11.3 Å². The summed E-state index contributed by atoms with van der Waals surface area (Å²) in [6, 6.07) is 14.9. The summed E-state index contributed by atoms with van der Waals surface area (Å²) in [6.45, 7) is 7.10.